The number of methoxy groups -OCH3 is 5. The Morgan fingerprint density at radius 1 is 0.844 bits per heavy atom. The molecule has 0 saturated heterocycles. The zero-order valence-corrected chi connectivity index (χ0v) is 19.6. The summed E-state index contributed by atoms with van der Waals surface area (Å²) >= 11 is 0. The Kier molecular flexibility index (Phi) is 8.58. The average molecular weight is 443 g/mol. The van der Waals surface area contributed by atoms with Gasteiger partial charge in [-0.2, -0.15) is 0 Å². The van der Waals surface area contributed by atoms with Crippen molar-refractivity contribution in [1.29, 1.82) is 0 Å². The van der Waals surface area contributed by atoms with E-state index in [2.05, 4.69) is 0 Å². The van der Waals surface area contributed by atoms with Crippen LogP contribution >= 0.6 is 0 Å². The Morgan fingerprint density at radius 2 is 1.41 bits per heavy atom. The second-order valence-electron chi connectivity index (χ2n) is 7.11. The lowest BCUT2D eigenvalue weighted by molar-refractivity contribution is 0.104. The number of ether oxygens (including phenoxy) is 5. The summed E-state index contributed by atoms with van der Waals surface area (Å²) in [5.74, 6) is 1.53. The highest BCUT2D eigenvalue weighted by atomic mass is 16.5. The van der Waals surface area contributed by atoms with Gasteiger partial charge in [0.05, 0.1) is 41.1 Å². The minimum absolute atomic E-state index is 0.0492. The van der Waals surface area contributed by atoms with Crippen LogP contribution in [0.1, 0.15) is 35.3 Å². The van der Waals surface area contributed by atoms with E-state index >= 15 is 0 Å². The van der Waals surface area contributed by atoms with Gasteiger partial charge in [0.15, 0.2) is 5.78 Å². The van der Waals surface area contributed by atoms with Gasteiger partial charge in [-0.25, -0.2) is 0 Å². The molecule has 0 aromatic heterocycles. The van der Waals surface area contributed by atoms with Gasteiger partial charge in [0, 0.05) is 23.8 Å². The van der Waals surface area contributed by atoms with Gasteiger partial charge < -0.3 is 28.8 Å². The molecule has 0 radical (unpaired) electrons. The number of ketones is 1. The van der Waals surface area contributed by atoms with E-state index in [-0.39, 0.29) is 17.1 Å². The fourth-order valence-electron chi connectivity index (χ4n) is 3.19. The largest absolute Gasteiger partial charge is 0.507 e. The van der Waals surface area contributed by atoms with Crippen molar-refractivity contribution in [2.45, 2.75) is 20.3 Å². The third kappa shape index (κ3) is 5.35. The predicted octanol–water partition coefficient (Wildman–Crippen LogP) is 4.84. The van der Waals surface area contributed by atoms with E-state index in [0.29, 0.717) is 40.5 Å². The average Bonchev–Trinajstić information content (AvgIpc) is 2.80. The number of aromatic hydroxyl groups is 1. The molecule has 1 N–H and O–H groups in total. The first kappa shape index (κ1) is 24.7. The van der Waals surface area contributed by atoms with Gasteiger partial charge in [0.25, 0.3) is 0 Å². The molecule has 0 spiro atoms. The smallest absolute Gasteiger partial charge is 0.193 e. The van der Waals surface area contributed by atoms with Crippen LogP contribution in [0.2, 0.25) is 0 Å². The number of hydrogen-bond acceptors (Lipinski definition) is 7. The molecule has 7 nitrogen and oxygen atoms in total. The Morgan fingerprint density at radius 3 is 1.88 bits per heavy atom. The standard InChI is InChI=1S/C25H30O7/c1-15(2)8-9-18-22(31-6)14-23(32-7)24(25(18)27)19(26)11-10-17-20(29-4)12-16(28-3)13-21(17)30-5/h8,10-14,27H,9H2,1-7H3/b11-10+. The van der Waals surface area contributed by atoms with Crippen molar-refractivity contribution < 1.29 is 33.6 Å². The van der Waals surface area contributed by atoms with Crippen molar-refractivity contribution in [1.82, 2.24) is 0 Å². The molecule has 0 unspecified atom stereocenters. The van der Waals surface area contributed by atoms with Gasteiger partial charge in [0.2, 0.25) is 0 Å². The Bertz CT molecular complexity index is 1010. The van der Waals surface area contributed by atoms with Crippen LogP contribution in [-0.4, -0.2) is 46.4 Å². The normalized spacial score (nSPS) is 10.6. The van der Waals surface area contributed by atoms with Crippen LogP contribution in [0, 0.1) is 0 Å². The number of carbonyl (C=O) groups is 1. The van der Waals surface area contributed by atoms with Crippen molar-refractivity contribution in [3.8, 4) is 34.5 Å². The molecule has 172 valence electrons. The SMILES string of the molecule is COc1cc(OC)c(/C=C/C(=O)c2c(OC)cc(OC)c(CC=C(C)C)c2O)c(OC)c1. The van der Waals surface area contributed by atoms with Crippen LogP contribution in [0.4, 0.5) is 0 Å². The molecular formula is C25H30O7. The van der Waals surface area contributed by atoms with E-state index in [4.69, 9.17) is 23.7 Å². The number of rotatable bonds is 10. The summed E-state index contributed by atoms with van der Waals surface area (Å²) in [6.07, 6.45) is 5.26. The molecule has 2 aromatic rings. The molecule has 0 amide bonds. The lowest BCUT2D eigenvalue weighted by Gasteiger charge is -2.16. The van der Waals surface area contributed by atoms with E-state index < -0.39 is 5.78 Å². The molecule has 0 heterocycles. The Labute approximate surface area is 188 Å². The third-order valence-corrected chi connectivity index (χ3v) is 4.88. The van der Waals surface area contributed by atoms with Crippen LogP contribution in [0.15, 0.2) is 35.9 Å². The molecule has 0 aliphatic carbocycles. The number of phenolic OH excluding ortho intramolecular Hbond substituents is 1. The first-order valence-corrected chi connectivity index (χ1v) is 9.93. The summed E-state index contributed by atoms with van der Waals surface area (Å²) < 4.78 is 26.9. The lowest BCUT2D eigenvalue weighted by Crippen LogP contribution is -2.04. The zero-order chi connectivity index (χ0) is 23.8. The van der Waals surface area contributed by atoms with Crippen LogP contribution < -0.4 is 23.7 Å². The summed E-state index contributed by atoms with van der Waals surface area (Å²) in [5.41, 5.74) is 2.19. The number of hydrogen-bond donors (Lipinski definition) is 1. The molecule has 0 aliphatic rings. The zero-order valence-electron chi connectivity index (χ0n) is 19.6. The summed E-state index contributed by atoms with van der Waals surface area (Å²) in [5, 5.41) is 11.0. The molecule has 2 rings (SSSR count). The first-order chi connectivity index (χ1) is 15.3. The highest BCUT2D eigenvalue weighted by Gasteiger charge is 2.23. The Hall–Kier alpha value is -3.61. The maximum Gasteiger partial charge on any atom is 0.193 e. The predicted molar refractivity (Wildman–Crippen MR) is 124 cm³/mol. The maximum atomic E-state index is 13.1. The monoisotopic (exact) mass is 442 g/mol. The molecule has 0 atom stereocenters. The quantitative estimate of drug-likeness (QED) is 0.320. The molecule has 0 saturated carbocycles. The third-order valence-electron chi connectivity index (χ3n) is 4.88. The lowest BCUT2D eigenvalue weighted by atomic mass is 9.99. The van der Waals surface area contributed by atoms with Crippen LogP contribution in [0.25, 0.3) is 6.08 Å². The summed E-state index contributed by atoms with van der Waals surface area (Å²) in [6, 6.07) is 4.98. The van der Waals surface area contributed by atoms with Crippen molar-refractivity contribution >= 4 is 11.9 Å². The highest BCUT2D eigenvalue weighted by Crippen LogP contribution is 2.40. The van der Waals surface area contributed by atoms with Crippen LogP contribution in [-0.2, 0) is 6.42 Å². The van der Waals surface area contributed by atoms with Crippen LogP contribution in [0.5, 0.6) is 34.5 Å². The number of phenols is 1. The van der Waals surface area contributed by atoms with E-state index in [1.807, 2.05) is 19.9 Å². The highest BCUT2D eigenvalue weighted by molar-refractivity contribution is 6.11. The second kappa shape index (κ2) is 11.1. The van der Waals surface area contributed by atoms with E-state index in [9.17, 15) is 9.90 Å². The number of benzene rings is 2. The molecule has 0 aliphatic heterocycles. The molecule has 32 heavy (non-hydrogen) atoms. The van der Waals surface area contributed by atoms with Crippen molar-refractivity contribution in [3.05, 3.63) is 52.6 Å². The maximum absolute atomic E-state index is 13.1. The van der Waals surface area contributed by atoms with Crippen LogP contribution in [0.3, 0.4) is 0 Å². The van der Waals surface area contributed by atoms with Gasteiger partial charge in [0.1, 0.15) is 40.1 Å². The van der Waals surface area contributed by atoms with Crippen molar-refractivity contribution in [2.24, 2.45) is 0 Å². The van der Waals surface area contributed by atoms with Gasteiger partial charge in [-0.15, -0.1) is 0 Å². The van der Waals surface area contributed by atoms with Gasteiger partial charge >= 0.3 is 0 Å². The minimum atomic E-state index is -0.444. The van der Waals surface area contributed by atoms with Gasteiger partial charge in [-0.05, 0) is 32.4 Å². The fraction of sp³-hybridized carbons (Fsp3) is 0.320. The topological polar surface area (TPSA) is 83.5 Å². The molecule has 7 heteroatoms. The first-order valence-electron chi connectivity index (χ1n) is 9.93. The van der Waals surface area contributed by atoms with E-state index in [1.165, 1.54) is 34.5 Å². The molecular weight excluding hydrogens is 412 g/mol. The van der Waals surface area contributed by atoms with E-state index in [1.54, 1.807) is 31.4 Å². The summed E-state index contributed by atoms with van der Waals surface area (Å²) in [4.78, 5) is 13.1. The molecule has 0 fully saturated rings. The minimum Gasteiger partial charge on any atom is -0.507 e. The molecule has 2 aromatic carbocycles. The number of allylic oxidation sites excluding steroid dienone is 3. The summed E-state index contributed by atoms with van der Waals surface area (Å²) in [6.45, 7) is 3.91. The summed E-state index contributed by atoms with van der Waals surface area (Å²) in [7, 11) is 7.51. The van der Waals surface area contributed by atoms with Gasteiger partial charge in [-0.1, -0.05) is 11.6 Å². The van der Waals surface area contributed by atoms with Gasteiger partial charge in [-0.3, -0.25) is 4.79 Å². The van der Waals surface area contributed by atoms with E-state index in [0.717, 1.165) is 5.57 Å². The van der Waals surface area contributed by atoms with Crippen molar-refractivity contribution in [3.63, 3.8) is 0 Å². The second-order valence-corrected chi connectivity index (χ2v) is 7.11. The van der Waals surface area contributed by atoms with Crippen molar-refractivity contribution in [2.75, 3.05) is 35.5 Å². The number of carbonyl (C=O) groups excluding carboxylic acids is 1. The fourth-order valence-corrected chi connectivity index (χ4v) is 3.19. The molecule has 0 bridgehead atoms. The Balaban J connectivity index is 2.57.